The van der Waals surface area contributed by atoms with Gasteiger partial charge in [0.15, 0.2) is 0 Å². The fourth-order valence-corrected chi connectivity index (χ4v) is 1.83. The van der Waals surface area contributed by atoms with Gasteiger partial charge in [0.25, 0.3) is 0 Å². The van der Waals surface area contributed by atoms with Crippen molar-refractivity contribution in [3.63, 3.8) is 0 Å². The van der Waals surface area contributed by atoms with Crippen molar-refractivity contribution in [2.24, 2.45) is 0 Å². The Bertz CT molecular complexity index is 379. The minimum atomic E-state index is 0.0836. The van der Waals surface area contributed by atoms with E-state index in [0.29, 0.717) is 6.54 Å². The van der Waals surface area contributed by atoms with Gasteiger partial charge in [0, 0.05) is 24.8 Å². The second kappa shape index (κ2) is 4.88. The summed E-state index contributed by atoms with van der Waals surface area (Å²) in [7, 11) is 1.65. The first-order valence-electron chi connectivity index (χ1n) is 5.45. The lowest BCUT2D eigenvalue weighted by atomic mass is 10.2. The molecule has 1 amide bonds. The van der Waals surface area contributed by atoms with Crippen LogP contribution in [-0.2, 0) is 4.79 Å². The summed E-state index contributed by atoms with van der Waals surface area (Å²) in [5.41, 5.74) is 1.04. The highest BCUT2D eigenvalue weighted by Crippen LogP contribution is 2.21. The largest absolute Gasteiger partial charge is 0.497 e. The third-order valence-corrected chi connectivity index (χ3v) is 2.68. The monoisotopic (exact) mass is 220 g/mol. The number of methoxy groups -OCH3 is 1. The summed E-state index contributed by atoms with van der Waals surface area (Å²) in [5, 5.41) is 2.86. The van der Waals surface area contributed by atoms with Crippen LogP contribution in [-0.4, -0.2) is 32.7 Å². The van der Waals surface area contributed by atoms with E-state index in [1.54, 1.807) is 7.11 Å². The van der Waals surface area contributed by atoms with Crippen LogP contribution in [0.5, 0.6) is 5.75 Å². The number of anilines is 1. The molecule has 1 aliphatic heterocycles. The highest BCUT2D eigenvalue weighted by Gasteiger charge is 2.14. The number of amides is 1. The lowest BCUT2D eigenvalue weighted by molar-refractivity contribution is -0.119. The maximum absolute atomic E-state index is 11.4. The third-order valence-electron chi connectivity index (χ3n) is 2.68. The molecule has 0 spiro atoms. The molecular formula is C12H16N2O2. The maximum atomic E-state index is 11.4. The van der Waals surface area contributed by atoms with E-state index in [1.165, 1.54) is 0 Å². The highest BCUT2D eigenvalue weighted by atomic mass is 16.5. The maximum Gasteiger partial charge on any atom is 0.239 e. The van der Waals surface area contributed by atoms with E-state index in [1.807, 2.05) is 24.3 Å². The lowest BCUT2D eigenvalue weighted by Crippen LogP contribution is -2.32. The number of nitrogens with one attached hydrogen (secondary N) is 1. The van der Waals surface area contributed by atoms with E-state index in [-0.39, 0.29) is 5.91 Å². The molecule has 1 aromatic rings. The van der Waals surface area contributed by atoms with Crippen molar-refractivity contribution in [1.29, 1.82) is 0 Å². The Morgan fingerprint density at radius 3 is 3.12 bits per heavy atom. The van der Waals surface area contributed by atoms with Crippen LogP contribution in [0.15, 0.2) is 24.3 Å². The van der Waals surface area contributed by atoms with Crippen LogP contribution >= 0.6 is 0 Å². The van der Waals surface area contributed by atoms with Crippen LogP contribution in [0.3, 0.4) is 0 Å². The molecule has 1 aromatic carbocycles. The van der Waals surface area contributed by atoms with Crippen LogP contribution in [0.1, 0.15) is 6.42 Å². The summed E-state index contributed by atoms with van der Waals surface area (Å²) in [5.74, 6) is 0.905. The van der Waals surface area contributed by atoms with Crippen molar-refractivity contribution < 1.29 is 9.53 Å². The zero-order chi connectivity index (χ0) is 11.4. The second-order valence-corrected chi connectivity index (χ2v) is 3.83. The number of ether oxygens (including phenoxy) is 1. The molecule has 1 aliphatic rings. The number of carbonyl (C=O) groups is 1. The average Bonchev–Trinajstić information content (AvgIpc) is 2.54. The molecule has 86 valence electrons. The molecule has 0 aliphatic carbocycles. The predicted octanol–water partition coefficient (Wildman–Crippen LogP) is 1.02. The van der Waals surface area contributed by atoms with Crippen molar-refractivity contribution in [1.82, 2.24) is 5.32 Å². The van der Waals surface area contributed by atoms with Gasteiger partial charge in [0.05, 0.1) is 13.7 Å². The summed E-state index contributed by atoms with van der Waals surface area (Å²) < 4.78 is 5.18. The van der Waals surface area contributed by atoms with Gasteiger partial charge in [0.1, 0.15) is 5.75 Å². The van der Waals surface area contributed by atoms with Crippen LogP contribution in [0.2, 0.25) is 0 Å². The number of rotatable bonds is 2. The van der Waals surface area contributed by atoms with E-state index >= 15 is 0 Å². The Hall–Kier alpha value is -1.71. The average molecular weight is 220 g/mol. The Morgan fingerprint density at radius 2 is 2.31 bits per heavy atom. The fourth-order valence-electron chi connectivity index (χ4n) is 1.83. The molecule has 1 heterocycles. The Labute approximate surface area is 95.2 Å². The van der Waals surface area contributed by atoms with Crippen molar-refractivity contribution in [2.45, 2.75) is 6.42 Å². The molecule has 16 heavy (non-hydrogen) atoms. The molecule has 1 fully saturated rings. The van der Waals surface area contributed by atoms with Gasteiger partial charge < -0.3 is 15.0 Å². The molecule has 0 radical (unpaired) electrons. The van der Waals surface area contributed by atoms with Crippen LogP contribution < -0.4 is 15.0 Å². The van der Waals surface area contributed by atoms with Gasteiger partial charge in [-0.05, 0) is 18.6 Å². The molecule has 4 nitrogen and oxygen atoms in total. The molecule has 0 saturated carbocycles. The molecule has 0 aromatic heterocycles. The van der Waals surface area contributed by atoms with E-state index in [2.05, 4.69) is 10.2 Å². The second-order valence-electron chi connectivity index (χ2n) is 3.83. The normalized spacial score (nSPS) is 16.6. The first-order chi connectivity index (χ1) is 7.79. The standard InChI is InChI=1S/C12H16N2O2/c1-16-11-5-2-4-10(8-11)14-7-3-6-13-12(15)9-14/h2,4-5,8H,3,6-7,9H2,1H3,(H,13,15). The highest BCUT2D eigenvalue weighted by molar-refractivity contribution is 5.81. The van der Waals surface area contributed by atoms with Crippen LogP contribution in [0.4, 0.5) is 5.69 Å². The van der Waals surface area contributed by atoms with Crippen molar-refractivity contribution in [3.8, 4) is 5.75 Å². The van der Waals surface area contributed by atoms with Gasteiger partial charge >= 0.3 is 0 Å². The molecule has 2 rings (SSSR count). The zero-order valence-electron chi connectivity index (χ0n) is 9.40. The molecule has 4 heteroatoms. The quantitative estimate of drug-likeness (QED) is 0.809. The van der Waals surface area contributed by atoms with E-state index in [0.717, 1.165) is 30.9 Å². The van der Waals surface area contributed by atoms with E-state index in [4.69, 9.17) is 4.74 Å². The molecule has 1 N–H and O–H groups in total. The first-order valence-corrected chi connectivity index (χ1v) is 5.45. The third kappa shape index (κ3) is 2.45. The van der Waals surface area contributed by atoms with Gasteiger partial charge in [-0.1, -0.05) is 6.07 Å². The van der Waals surface area contributed by atoms with Gasteiger partial charge in [-0.25, -0.2) is 0 Å². The van der Waals surface area contributed by atoms with Gasteiger partial charge in [-0.3, -0.25) is 4.79 Å². The smallest absolute Gasteiger partial charge is 0.239 e. The van der Waals surface area contributed by atoms with E-state index < -0.39 is 0 Å². The summed E-state index contributed by atoms with van der Waals surface area (Å²) in [4.78, 5) is 13.5. The van der Waals surface area contributed by atoms with Crippen molar-refractivity contribution in [3.05, 3.63) is 24.3 Å². The van der Waals surface area contributed by atoms with Crippen LogP contribution in [0.25, 0.3) is 0 Å². The number of carbonyl (C=O) groups excluding carboxylic acids is 1. The summed E-state index contributed by atoms with van der Waals surface area (Å²) >= 11 is 0. The zero-order valence-corrected chi connectivity index (χ0v) is 9.40. The minimum absolute atomic E-state index is 0.0836. The van der Waals surface area contributed by atoms with Gasteiger partial charge in [-0.2, -0.15) is 0 Å². The number of nitrogens with zero attached hydrogens (tertiary/aromatic N) is 1. The summed E-state index contributed by atoms with van der Waals surface area (Å²) in [6, 6.07) is 7.80. The molecule has 0 unspecified atom stereocenters. The Kier molecular flexibility index (Phi) is 3.29. The number of hydrogen-bond donors (Lipinski definition) is 1. The lowest BCUT2D eigenvalue weighted by Gasteiger charge is -2.21. The van der Waals surface area contributed by atoms with Crippen LogP contribution in [0, 0.1) is 0 Å². The molecule has 0 atom stereocenters. The fraction of sp³-hybridized carbons (Fsp3) is 0.417. The Balaban J connectivity index is 2.17. The molecular weight excluding hydrogens is 204 g/mol. The number of benzene rings is 1. The summed E-state index contributed by atoms with van der Waals surface area (Å²) in [6.45, 7) is 2.08. The number of hydrogen-bond acceptors (Lipinski definition) is 3. The van der Waals surface area contributed by atoms with E-state index in [9.17, 15) is 4.79 Å². The summed E-state index contributed by atoms with van der Waals surface area (Å²) in [6.07, 6.45) is 0.975. The molecule has 1 saturated heterocycles. The Morgan fingerprint density at radius 1 is 1.44 bits per heavy atom. The molecule has 0 bridgehead atoms. The topological polar surface area (TPSA) is 41.6 Å². The predicted molar refractivity (Wildman–Crippen MR) is 62.8 cm³/mol. The van der Waals surface area contributed by atoms with Crippen molar-refractivity contribution >= 4 is 11.6 Å². The SMILES string of the molecule is COc1cccc(N2CCCNC(=O)C2)c1. The van der Waals surface area contributed by atoms with Crippen molar-refractivity contribution in [2.75, 3.05) is 31.6 Å². The minimum Gasteiger partial charge on any atom is -0.497 e. The van der Waals surface area contributed by atoms with Gasteiger partial charge in [0.2, 0.25) is 5.91 Å². The first kappa shape index (κ1) is 10.8. The van der Waals surface area contributed by atoms with Gasteiger partial charge in [-0.15, -0.1) is 0 Å².